The Morgan fingerprint density at radius 1 is 0.895 bits per heavy atom. The number of anilines is 1. The molecule has 0 fully saturated rings. The summed E-state index contributed by atoms with van der Waals surface area (Å²) in [6.45, 7) is 10.6. The SMILES string of the molecule is Cc1c(O[C@@H](C)c2ccc(CC(C)C)cc2)ccc(C(=O)Nc2ccccc2OCCCC(=O)O)c1C.[Na]. The van der Waals surface area contributed by atoms with Crippen LogP contribution in [0.2, 0.25) is 0 Å². The molecule has 3 rings (SSSR count). The Balaban J connectivity index is 0.00000507. The van der Waals surface area contributed by atoms with Crippen LogP contribution in [0.25, 0.3) is 0 Å². The largest absolute Gasteiger partial charge is 0.491 e. The molecule has 0 aliphatic carbocycles. The van der Waals surface area contributed by atoms with Gasteiger partial charge in [0.05, 0.1) is 12.3 Å². The van der Waals surface area contributed by atoms with Crippen LogP contribution in [0.1, 0.15) is 72.3 Å². The number of ether oxygens (including phenoxy) is 2. The van der Waals surface area contributed by atoms with Crippen LogP contribution in [-0.4, -0.2) is 53.1 Å². The molecule has 0 saturated heterocycles. The number of carboxylic acids is 1. The van der Waals surface area contributed by atoms with Crippen molar-refractivity contribution in [2.45, 2.75) is 60.0 Å². The summed E-state index contributed by atoms with van der Waals surface area (Å²) in [4.78, 5) is 23.9. The third kappa shape index (κ3) is 8.90. The molecule has 0 aliphatic heterocycles. The molecule has 7 heteroatoms. The normalized spacial score (nSPS) is 11.4. The number of hydrogen-bond donors (Lipinski definition) is 2. The first-order chi connectivity index (χ1) is 17.7. The molecule has 0 saturated carbocycles. The van der Waals surface area contributed by atoms with Crippen molar-refractivity contribution in [1.82, 2.24) is 0 Å². The summed E-state index contributed by atoms with van der Waals surface area (Å²) in [5, 5.41) is 11.7. The molecule has 38 heavy (non-hydrogen) atoms. The quantitative estimate of drug-likeness (QED) is 0.201. The number of para-hydroxylation sites is 2. The van der Waals surface area contributed by atoms with Gasteiger partial charge in [-0.15, -0.1) is 0 Å². The van der Waals surface area contributed by atoms with Gasteiger partial charge in [-0.2, -0.15) is 0 Å². The van der Waals surface area contributed by atoms with E-state index in [1.807, 2.05) is 39.0 Å². The summed E-state index contributed by atoms with van der Waals surface area (Å²) in [5.74, 6) is 0.754. The minimum absolute atomic E-state index is 0. The van der Waals surface area contributed by atoms with Gasteiger partial charge in [-0.3, -0.25) is 9.59 Å². The average Bonchev–Trinajstić information content (AvgIpc) is 2.85. The number of amides is 1. The van der Waals surface area contributed by atoms with Crippen LogP contribution in [0.5, 0.6) is 11.5 Å². The molecule has 0 aromatic heterocycles. The predicted molar refractivity (Wildman–Crippen MR) is 152 cm³/mol. The molecule has 3 aromatic carbocycles. The molecule has 0 aliphatic rings. The number of hydrogen-bond acceptors (Lipinski definition) is 4. The summed E-state index contributed by atoms with van der Waals surface area (Å²) in [7, 11) is 0. The summed E-state index contributed by atoms with van der Waals surface area (Å²) < 4.78 is 12.0. The molecular weight excluding hydrogens is 489 g/mol. The Kier molecular flexibility index (Phi) is 12.4. The fourth-order valence-electron chi connectivity index (χ4n) is 4.12. The summed E-state index contributed by atoms with van der Waals surface area (Å²) in [6, 6.07) is 19.3. The van der Waals surface area contributed by atoms with Crippen molar-refractivity contribution in [3.8, 4) is 11.5 Å². The van der Waals surface area contributed by atoms with E-state index in [-0.39, 0.29) is 54.6 Å². The first-order valence-corrected chi connectivity index (χ1v) is 12.8. The number of benzene rings is 3. The number of carbonyl (C=O) groups is 2. The average molecular weight is 527 g/mol. The van der Waals surface area contributed by atoms with Crippen LogP contribution < -0.4 is 14.8 Å². The number of carbonyl (C=O) groups excluding carboxylic acids is 1. The van der Waals surface area contributed by atoms with Gasteiger partial charge in [0.1, 0.15) is 17.6 Å². The molecule has 1 atom stereocenters. The van der Waals surface area contributed by atoms with E-state index >= 15 is 0 Å². The number of nitrogens with one attached hydrogen (secondary N) is 1. The van der Waals surface area contributed by atoms with E-state index in [0.717, 1.165) is 28.9 Å². The van der Waals surface area contributed by atoms with E-state index in [4.69, 9.17) is 14.6 Å². The van der Waals surface area contributed by atoms with Gasteiger partial charge in [0.15, 0.2) is 0 Å². The van der Waals surface area contributed by atoms with E-state index in [0.29, 0.717) is 29.3 Å². The predicted octanol–water partition coefficient (Wildman–Crippen LogP) is 6.76. The van der Waals surface area contributed by atoms with Gasteiger partial charge >= 0.3 is 5.97 Å². The molecule has 1 radical (unpaired) electrons. The fourth-order valence-corrected chi connectivity index (χ4v) is 4.12. The zero-order valence-electron chi connectivity index (χ0n) is 23.3. The monoisotopic (exact) mass is 526 g/mol. The second kappa shape index (κ2) is 15.0. The standard InChI is InChI=1S/C31H37NO5.Na/c1-20(2)19-24-12-14-25(15-13-24)23(5)37-28-17-16-26(21(3)22(28)4)31(35)32-27-9-6-7-10-29(27)36-18-8-11-30(33)34;/h6-7,9-10,12-17,20,23H,8,11,18-19H2,1-5H3,(H,32,35)(H,33,34);/t23-;/m0./s1. The van der Waals surface area contributed by atoms with Gasteiger partial charge in [0.25, 0.3) is 5.91 Å². The van der Waals surface area contributed by atoms with Crippen molar-refractivity contribution >= 4 is 47.1 Å². The first kappa shape index (κ1) is 31.4. The molecule has 197 valence electrons. The van der Waals surface area contributed by atoms with Gasteiger partial charge in [0, 0.05) is 41.5 Å². The maximum Gasteiger partial charge on any atom is 0.303 e. The molecule has 3 aromatic rings. The maximum atomic E-state index is 13.1. The third-order valence-corrected chi connectivity index (χ3v) is 6.31. The van der Waals surface area contributed by atoms with Crippen molar-refractivity contribution in [3.63, 3.8) is 0 Å². The minimum atomic E-state index is -0.864. The van der Waals surface area contributed by atoms with Crippen molar-refractivity contribution < 1.29 is 24.2 Å². The Bertz CT molecular complexity index is 1220. The van der Waals surface area contributed by atoms with E-state index < -0.39 is 5.97 Å². The van der Waals surface area contributed by atoms with Crippen LogP contribution >= 0.6 is 0 Å². The van der Waals surface area contributed by atoms with E-state index in [1.54, 1.807) is 18.2 Å². The molecule has 0 spiro atoms. The molecular formula is C31H37NNaO5. The van der Waals surface area contributed by atoms with E-state index in [9.17, 15) is 9.59 Å². The van der Waals surface area contributed by atoms with Crippen molar-refractivity contribution in [1.29, 1.82) is 0 Å². The van der Waals surface area contributed by atoms with Gasteiger partial charge < -0.3 is 19.9 Å². The zero-order valence-corrected chi connectivity index (χ0v) is 25.3. The summed E-state index contributed by atoms with van der Waals surface area (Å²) in [5.41, 5.74) is 5.27. The number of carboxylic acid groups (broad SMARTS) is 1. The van der Waals surface area contributed by atoms with Crippen LogP contribution in [0, 0.1) is 19.8 Å². The van der Waals surface area contributed by atoms with Gasteiger partial charge in [-0.25, -0.2) is 0 Å². The Morgan fingerprint density at radius 2 is 1.58 bits per heavy atom. The summed E-state index contributed by atoms with van der Waals surface area (Å²) in [6.07, 6.45) is 1.34. The van der Waals surface area contributed by atoms with Crippen molar-refractivity contribution in [2.24, 2.45) is 5.92 Å². The second-order valence-electron chi connectivity index (χ2n) is 9.76. The van der Waals surface area contributed by atoms with Crippen molar-refractivity contribution in [3.05, 3.63) is 88.5 Å². The van der Waals surface area contributed by atoms with Crippen LogP contribution in [-0.2, 0) is 11.2 Å². The van der Waals surface area contributed by atoms with Gasteiger partial charge in [0.2, 0.25) is 0 Å². The Morgan fingerprint density at radius 3 is 2.24 bits per heavy atom. The fraction of sp³-hybridized carbons (Fsp3) is 0.355. The van der Waals surface area contributed by atoms with Gasteiger partial charge in [-0.1, -0.05) is 50.2 Å². The smallest absolute Gasteiger partial charge is 0.303 e. The molecule has 0 bridgehead atoms. The van der Waals surface area contributed by atoms with Gasteiger partial charge in [-0.05, 0) is 86.1 Å². The third-order valence-electron chi connectivity index (χ3n) is 6.31. The Hall–Kier alpha value is -2.80. The van der Waals surface area contributed by atoms with E-state index in [2.05, 4.69) is 43.4 Å². The minimum Gasteiger partial charge on any atom is -0.491 e. The first-order valence-electron chi connectivity index (χ1n) is 12.8. The second-order valence-corrected chi connectivity index (χ2v) is 9.76. The molecule has 0 heterocycles. The van der Waals surface area contributed by atoms with Crippen LogP contribution in [0.3, 0.4) is 0 Å². The zero-order chi connectivity index (χ0) is 26.9. The maximum absolute atomic E-state index is 13.1. The molecule has 6 nitrogen and oxygen atoms in total. The molecule has 1 amide bonds. The summed E-state index contributed by atoms with van der Waals surface area (Å²) >= 11 is 0. The van der Waals surface area contributed by atoms with Crippen molar-refractivity contribution in [2.75, 3.05) is 11.9 Å². The van der Waals surface area contributed by atoms with E-state index in [1.165, 1.54) is 5.56 Å². The Labute approximate surface area is 248 Å². The molecule has 0 unspecified atom stereocenters. The number of rotatable bonds is 12. The topological polar surface area (TPSA) is 84.9 Å². The number of aliphatic carboxylic acids is 1. The van der Waals surface area contributed by atoms with Crippen LogP contribution in [0.15, 0.2) is 60.7 Å². The molecule has 2 N–H and O–H groups in total. The van der Waals surface area contributed by atoms with Crippen LogP contribution in [0.4, 0.5) is 5.69 Å².